The molecular weight excluding hydrogens is 252 g/mol. The predicted octanol–water partition coefficient (Wildman–Crippen LogP) is 0.424. The second kappa shape index (κ2) is 6.89. The van der Waals surface area contributed by atoms with E-state index in [1.54, 1.807) is 20.8 Å². The minimum Gasteiger partial charge on any atom is -0.465 e. The molecule has 1 aromatic heterocycles. The van der Waals surface area contributed by atoms with Gasteiger partial charge in [0.2, 0.25) is 0 Å². The Morgan fingerprint density at radius 3 is 2.42 bits per heavy atom. The average Bonchev–Trinajstić information content (AvgIpc) is 2.65. The van der Waals surface area contributed by atoms with Crippen molar-refractivity contribution in [2.75, 3.05) is 13.2 Å². The predicted molar refractivity (Wildman–Crippen MR) is 65.5 cm³/mol. The van der Waals surface area contributed by atoms with Crippen LogP contribution >= 0.6 is 0 Å². The molecule has 0 spiro atoms. The van der Waals surface area contributed by atoms with E-state index in [1.807, 2.05) is 0 Å². The zero-order chi connectivity index (χ0) is 14.4. The van der Waals surface area contributed by atoms with Crippen LogP contribution in [0.5, 0.6) is 0 Å². The Morgan fingerprint density at radius 2 is 1.89 bits per heavy atom. The van der Waals surface area contributed by atoms with Crippen molar-refractivity contribution in [2.24, 2.45) is 0 Å². The smallest absolute Gasteiger partial charge is 0.341 e. The highest BCUT2D eigenvalue weighted by atomic mass is 16.5. The van der Waals surface area contributed by atoms with E-state index in [4.69, 9.17) is 9.47 Å². The van der Waals surface area contributed by atoms with Gasteiger partial charge in [0.15, 0.2) is 0 Å². The highest BCUT2D eigenvalue weighted by molar-refractivity contribution is 5.92. The first-order valence-corrected chi connectivity index (χ1v) is 6.04. The third-order valence-electron chi connectivity index (χ3n) is 2.45. The van der Waals surface area contributed by atoms with Gasteiger partial charge < -0.3 is 14.6 Å². The van der Waals surface area contributed by atoms with Crippen LogP contribution in [0.4, 0.5) is 0 Å². The van der Waals surface area contributed by atoms with Crippen LogP contribution in [-0.2, 0) is 27.4 Å². The van der Waals surface area contributed by atoms with Crippen LogP contribution in [0, 0.1) is 6.92 Å². The summed E-state index contributed by atoms with van der Waals surface area (Å²) >= 11 is 0. The van der Waals surface area contributed by atoms with Crippen molar-refractivity contribution in [1.29, 1.82) is 0 Å². The van der Waals surface area contributed by atoms with Gasteiger partial charge in [-0.25, -0.2) is 4.79 Å². The first-order valence-electron chi connectivity index (χ1n) is 6.04. The van der Waals surface area contributed by atoms with Gasteiger partial charge in [-0.2, -0.15) is 5.10 Å². The van der Waals surface area contributed by atoms with Gasteiger partial charge in [0.25, 0.3) is 0 Å². The fourth-order valence-corrected chi connectivity index (χ4v) is 1.72. The molecule has 1 N–H and O–H groups in total. The molecule has 1 heterocycles. The van der Waals surface area contributed by atoms with E-state index in [-0.39, 0.29) is 31.0 Å². The highest BCUT2D eigenvalue weighted by Crippen LogP contribution is 2.15. The SMILES string of the molecule is CCOC(=O)Cn1nc(C)c(C(=O)OCC)c1CO. The number of hydrogen-bond acceptors (Lipinski definition) is 6. The van der Waals surface area contributed by atoms with Crippen LogP contribution in [0.1, 0.15) is 35.6 Å². The van der Waals surface area contributed by atoms with Gasteiger partial charge in [0.05, 0.1) is 31.2 Å². The second-order valence-electron chi connectivity index (χ2n) is 3.75. The number of aromatic nitrogens is 2. The lowest BCUT2D eigenvalue weighted by atomic mass is 10.2. The summed E-state index contributed by atoms with van der Waals surface area (Å²) in [5.74, 6) is -1.03. The molecule has 0 aliphatic carbocycles. The molecule has 1 aromatic rings. The molecule has 0 aliphatic rings. The van der Waals surface area contributed by atoms with Crippen LogP contribution in [0.3, 0.4) is 0 Å². The minimum absolute atomic E-state index is 0.149. The molecule has 0 radical (unpaired) electrons. The van der Waals surface area contributed by atoms with Crippen LogP contribution in [0.2, 0.25) is 0 Å². The standard InChI is InChI=1S/C12H18N2O5/c1-4-18-10(16)6-14-9(7-15)11(8(3)13-14)12(17)19-5-2/h15H,4-7H2,1-3H3. The minimum atomic E-state index is -0.556. The van der Waals surface area contributed by atoms with Gasteiger partial charge in [-0.1, -0.05) is 0 Å². The van der Waals surface area contributed by atoms with Crippen molar-refractivity contribution in [3.8, 4) is 0 Å². The number of esters is 2. The molecule has 0 amide bonds. The number of aliphatic hydroxyl groups is 1. The molecule has 19 heavy (non-hydrogen) atoms. The van der Waals surface area contributed by atoms with Crippen LogP contribution in [0.15, 0.2) is 0 Å². The van der Waals surface area contributed by atoms with Crippen molar-refractivity contribution < 1.29 is 24.2 Å². The molecule has 0 saturated heterocycles. The molecule has 0 aliphatic heterocycles. The zero-order valence-electron chi connectivity index (χ0n) is 11.3. The number of rotatable bonds is 6. The molecule has 0 aromatic carbocycles. The lowest BCUT2D eigenvalue weighted by Gasteiger charge is -2.06. The first kappa shape index (κ1) is 15.2. The van der Waals surface area contributed by atoms with E-state index in [2.05, 4.69) is 5.10 Å². The van der Waals surface area contributed by atoms with Crippen molar-refractivity contribution >= 4 is 11.9 Å². The number of aryl methyl sites for hydroxylation is 1. The first-order chi connectivity index (χ1) is 9.04. The number of hydrogen-bond donors (Lipinski definition) is 1. The average molecular weight is 270 g/mol. The molecule has 0 fully saturated rings. The second-order valence-corrected chi connectivity index (χ2v) is 3.75. The largest absolute Gasteiger partial charge is 0.465 e. The summed E-state index contributed by atoms with van der Waals surface area (Å²) in [6.07, 6.45) is 0. The Balaban J connectivity index is 3.04. The van der Waals surface area contributed by atoms with Crippen molar-refractivity contribution in [3.05, 3.63) is 17.0 Å². The van der Waals surface area contributed by atoms with Crippen LogP contribution in [-0.4, -0.2) is 40.0 Å². The third kappa shape index (κ3) is 3.54. The lowest BCUT2D eigenvalue weighted by Crippen LogP contribution is -2.17. The molecule has 7 nitrogen and oxygen atoms in total. The number of carbonyl (C=O) groups is 2. The van der Waals surface area contributed by atoms with E-state index in [0.29, 0.717) is 5.69 Å². The third-order valence-corrected chi connectivity index (χ3v) is 2.45. The quantitative estimate of drug-likeness (QED) is 0.753. The van der Waals surface area contributed by atoms with E-state index < -0.39 is 18.5 Å². The van der Waals surface area contributed by atoms with Gasteiger partial charge in [-0.15, -0.1) is 0 Å². The van der Waals surface area contributed by atoms with Gasteiger partial charge in [-0.3, -0.25) is 9.48 Å². The molecule has 0 atom stereocenters. The maximum absolute atomic E-state index is 11.8. The Morgan fingerprint density at radius 1 is 1.26 bits per heavy atom. The Labute approximate surface area is 111 Å². The summed E-state index contributed by atoms with van der Waals surface area (Å²) in [6.45, 7) is 4.94. The molecular formula is C12H18N2O5. The number of aliphatic hydroxyl groups excluding tert-OH is 1. The maximum atomic E-state index is 11.8. The maximum Gasteiger partial charge on any atom is 0.341 e. The summed E-state index contributed by atoms with van der Waals surface area (Å²) in [5, 5.41) is 13.4. The van der Waals surface area contributed by atoms with Gasteiger partial charge in [-0.05, 0) is 20.8 Å². The highest BCUT2D eigenvalue weighted by Gasteiger charge is 2.23. The van der Waals surface area contributed by atoms with Crippen molar-refractivity contribution in [3.63, 3.8) is 0 Å². The topological polar surface area (TPSA) is 90.7 Å². The monoisotopic (exact) mass is 270 g/mol. The molecule has 0 unspecified atom stereocenters. The lowest BCUT2D eigenvalue weighted by molar-refractivity contribution is -0.144. The number of ether oxygens (including phenoxy) is 2. The Hall–Kier alpha value is -1.89. The normalized spacial score (nSPS) is 10.3. The van der Waals surface area contributed by atoms with Gasteiger partial charge >= 0.3 is 11.9 Å². The fraction of sp³-hybridized carbons (Fsp3) is 0.583. The zero-order valence-corrected chi connectivity index (χ0v) is 11.3. The summed E-state index contributed by atoms with van der Waals surface area (Å²) in [7, 11) is 0. The number of carbonyl (C=O) groups excluding carboxylic acids is 2. The van der Waals surface area contributed by atoms with E-state index >= 15 is 0 Å². The molecule has 7 heteroatoms. The summed E-state index contributed by atoms with van der Waals surface area (Å²) in [5.41, 5.74) is 0.865. The van der Waals surface area contributed by atoms with E-state index in [1.165, 1.54) is 4.68 Å². The Bertz CT molecular complexity index is 467. The van der Waals surface area contributed by atoms with Crippen LogP contribution in [0.25, 0.3) is 0 Å². The number of nitrogens with zero attached hydrogens (tertiary/aromatic N) is 2. The van der Waals surface area contributed by atoms with E-state index in [9.17, 15) is 14.7 Å². The molecule has 106 valence electrons. The van der Waals surface area contributed by atoms with Crippen molar-refractivity contribution in [1.82, 2.24) is 9.78 Å². The van der Waals surface area contributed by atoms with Crippen LogP contribution < -0.4 is 0 Å². The van der Waals surface area contributed by atoms with Gasteiger partial charge in [0, 0.05) is 0 Å². The van der Waals surface area contributed by atoms with Gasteiger partial charge in [0.1, 0.15) is 12.1 Å². The Kier molecular flexibility index (Phi) is 5.50. The summed E-state index contributed by atoms with van der Waals surface area (Å²) < 4.78 is 11.0. The van der Waals surface area contributed by atoms with Crippen molar-refractivity contribution in [2.45, 2.75) is 33.9 Å². The fourth-order valence-electron chi connectivity index (χ4n) is 1.72. The molecule has 1 rings (SSSR count). The summed E-state index contributed by atoms with van der Waals surface area (Å²) in [4.78, 5) is 23.2. The summed E-state index contributed by atoms with van der Waals surface area (Å²) in [6, 6.07) is 0. The van der Waals surface area contributed by atoms with E-state index in [0.717, 1.165) is 0 Å². The molecule has 0 saturated carbocycles. The molecule has 0 bridgehead atoms.